The number of nitrogens with one attached hydrogen (secondary N) is 3. The fourth-order valence-electron chi connectivity index (χ4n) is 5.16. The number of carbonyl (C=O) groups is 2. The van der Waals surface area contributed by atoms with Gasteiger partial charge in [0, 0.05) is 43.1 Å². The van der Waals surface area contributed by atoms with Crippen molar-refractivity contribution >= 4 is 33.1 Å². The summed E-state index contributed by atoms with van der Waals surface area (Å²) in [5, 5.41) is 12.7. The maximum absolute atomic E-state index is 15.0. The summed E-state index contributed by atoms with van der Waals surface area (Å²) in [6, 6.07) is 14.1. The number of likely N-dealkylation sites (tertiary alicyclic amines) is 1. The minimum atomic E-state index is -0.581. The lowest BCUT2D eigenvalue weighted by Crippen LogP contribution is -2.35. The van der Waals surface area contributed by atoms with E-state index in [0.717, 1.165) is 49.0 Å². The zero-order valence-electron chi connectivity index (χ0n) is 23.0. The largest absolute Gasteiger partial charge is 0.426 e. The van der Waals surface area contributed by atoms with Crippen LogP contribution in [0.3, 0.4) is 0 Å². The van der Waals surface area contributed by atoms with E-state index in [9.17, 15) is 14.0 Å². The van der Waals surface area contributed by atoms with Crippen LogP contribution in [0.1, 0.15) is 55.7 Å². The van der Waals surface area contributed by atoms with Gasteiger partial charge in [0.2, 0.25) is 11.8 Å². The summed E-state index contributed by atoms with van der Waals surface area (Å²) >= 11 is 0. The third kappa shape index (κ3) is 6.93. The Morgan fingerprint density at radius 3 is 2.77 bits per heavy atom. The molecule has 2 fully saturated rings. The van der Waals surface area contributed by atoms with E-state index < -0.39 is 21.5 Å². The molecule has 2 amide bonds. The maximum atomic E-state index is 15.0. The second kappa shape index (κ2) is 12.7. The van der Waals surface area contributed by atoms with Crippen LogP contribution in [0, 0.1) is 5.82 Å². The van der Waals surface area contributed by atoms with Crippen LogP contribution in [-0.2, 0) is 14.0 Å². The van der Waals surface area contributed by atoms with E-state index >= 15 is 0 Å². The van der Waals surface area contributed by atoms with Gasteiger partial charge in [-0.15, -0.1) is 0 Å². The molecule has 0 radical (unpaired) electrons. The maximum Gasteiger partial charge on any atom is 0.248 e. The number of carbonyl (C=O) groups excluding carboxylic acids is 2. The number of benzene rings is 2. The molecular weight excluding hydrogens is 525 g/mol. The normalized spacial score (nSPS) is 18.5. The number of halogens is 1. The third-order valence-corrected chi connectivity index (χ3v) is 9.32. The zero-order chi connectivity index (χ0) is 28.1. The molecule has 40 heavy (non-hydrogen) atoms. The Labute approximate surface area is 236 Å². The molecule has 3 aromatic rings. The van der Waals surface area contributed by atoms with Gasteiger partial charge in [-0.25, -0.2) is 4.39 Å². The van der Waals surface area contributed by atoms with Crippen molar-refractivity contribution in [1.29, 1.82) is 0 Å². The molecule has 1 aromatic heterocycles. The van der Waals surface area contributed by atoms with Crippen molar-refractivity contribution in [2.45, 2.75) is 50.1 Å². The van der Waals surface area contributed by atoms with Gasteiger partial charge >= 0.3 is 0 Å². The van der Waals surface area contributed by atoms with Crippen LogP contribution in [0.15, 0.2) is 60.7 Å². The van der Waals surface area contributed by atoms with Crippen LogP contribution in [0.4, 0.5) is 15.9 Å². The Hall–Kier alpha value is -3.60. The van der Waals surface area contributed by atoms with Crippen molar-refractivity contribution in [3.05, 3.63) is 77.8 Å². The Kier molecular flexibility index (Phi) is 8.88. The predicted molar refractivity (Wildman–Crippen MR) is 157 cm³/mol. The molecule has 2 heterocycles. The highest BCUT2D eigenvalue weighted by Gasteiger charge is 2.26. The first-order chi connectivity index (χ1) is 19.4. The first kappa shape index (κ1) is 27.9. The highest BCUT2D eigenvalue weighted by atomic mass is 28.2. The molecule has 1 saturated carbocycles. The molecule has 2 aromatic carbocycles. The number of hydrogen-bond donors (Lipinski definition) is 3. The molecule has 2 aliphatic rings. The van der Waals surface area contributed by atoms with Gasteiger partial charge in [-0.3, -0.25) is 19.6 Å². The Morgan fingerprint density at radius 2 is 2.00 bits per heavy atom. The summed E-state index contributed by atoms with van der Waals surface area (Å²) in [5.41, 5.74) is 3.94. The lowest BCUT2D eigenvalue weighted by Gasteiger charge is -2.21. The molecule has 3 N–H and O–H groups in total. The highest BCUT2D eigenvalue weighted by Crippen LogP contribution is 2.39. The number of nitrogens with zero attached hydrogens (tertiary/aromatic N) is 2. The van der Waals surface area contributed by atoms with Gasteiger partial charge in [0.15, 0.2) is 15.6 Å². The number of rotatable bonds is 11. The number of aromatic amines is 1. The fraction of sp³-hybridized carbons (Fsp3) is 0.367. The zero-order valence-corrected chi connectivity index (χ0v) is 24.4. The van der Waals surface area contributed by atoms with Crippen molar-refractivity contribution in [3.8, 4) is 11.1 Å². The second-order valence-electron chi connectivity index (χ2n) is 10.7. The van der Waals surface area contributed by atoms with Crippen molar-refractivity contribution in [2.24, 2.45) is 0 Å². The van der Waals surface area contributed by atoms with Crippen LogP contribution in [0.25, 0.3) is 11.1 Å². The van der Waals surface area contributed by atoms with Gasteiger partial charge in [-0.05, 0) is 68.0 Å². The van der Waals surface area contributed by atoms with Gasteiger partial charge < -0.3 is 15.1 Å². The predicted octanol–water partition coefficient (Wildman–Crippen LogP) is 4.48. The molecule has 2 atom stereocenters. The molecule has 1 aliphatic carbocycles. The molecule has 0 bridgehead atoms. The van der Waals surface area contributed by atoms with E-state index in [-0.39, 0.29) is 17.5 Å². The van der Waals surface area contributed by atoms with Crippen LogP contribution in [0.5, 0.6) is 0 Å². The van der Waals surface area contributed by atoms with E-state index in [2.05, 4.69) is 25.7 Å². The third-order valence-electron chi connectivity index (χ3n) is 7.67. The van der Waals surface area contributed by atoms with Gasteiger partial charge in [-0.1, -0.05) is 36.4 Å². The number of hydrogen-bond acceptors (Lipinski definition) is 5. The summed E-state index contributed by atoms with van der Waals surface area (Å²) < 4.78 is 20.4. The molecule has 10 heteroatoms. The highest BCUT2D eigenvalue weighted by molar-refractivity contribution is 6.29. The Bertz CT molecular complexity index is 1390. The molecule has 5 rings (SSSR count). The van der Waals surface area contributed by atoms with E-state index in [0.29, 0.717) is 29.5 Å². The molecule has 1 saturated heterocycles. The van der Waals surface area contributed by atoms with Gasteiger partial charge in [0.25, 0.3) is 0 Å². The first-order valence-electron chi connectivity index (χ1n) is 13.9. The Morgan fingerprint density at radius 1 is 1.18 bits per heavy atom. The fourth-order valence-corrected chi connectivity index (χ4v) is 6.54. The smallest absolute Gasteiger partial charge is 0.248 e. The second-order valence-corrected chi connectivity index (χ2v) is 12.5. The standard InChI is InChI=1S/C30H36FN5O3Si/c1-19(30(38)33-27-18-26(34-35-27)20-10-11-20)21-6-3-7-22(16-21)23-12-13-25(24(31)17-23)32-28(37)8-4-14-36-15-5-9-29(36)40-39-2/h3-4,6-8,12-13,16-20,29H,5,9-11,14-15,40H2,1-2H3,(H,32,37)(H2,33,34,35,38)/b8-4+/t19-,29?/m0/s1. The van der Waals surface area contributed by atoms with Crippen molar-refractivity contribution < 1.29 is 18.4 Å². The van der Waals surface area contributed by atoms with Gasteiger partial charge in [0.05, 0.1) is 11.6 Å². The Balaban J connectivity index is 1.18. The monoisotopic (exact) mass is 561 g/mol. The minimum Gasteiger partial charge on any atom is -0.426 e. The molecule has 1 unspecified atom stereocenters. The number of aromatic nitrogens is 2. The first-order valence-corrected chi connectivity index (χ1v) is 15.3. The van der Waals surface area contributed by atoms with E-state index in [1.807, 2.05) is 43.3 Å². The van der Waals surface area contributed by atoms with Crippen molar-refractivity contribution in [2.75, 3.05) is 30.8 Å². The molecule has 210 valence electrons. The van der Waals surface area contributed by atoms with E-state index in [1.54, 1.807) is 19.2 Å². The summed E-state index contributed by atoms with van der Waals surface area (Å²) in [6.45, 7) is 3.53. The topological polar surface area (TPSA) is 99.4 Å². The summed E-state index contributed by atoms with van der Waals surface area (Å²) in [5.74, 6) is -0.426. The lowest BCUT2D eigenvalue weighted by atomic mass is 9.95. The van der Waals surface area contributed by atoms with Crippen LogP contribution in [-0.4, -0.2) is 62.5 Å². The molecule has 0 spiro atoms. The number of amides is 2. The number of H-pyrrole nitrogens is 1. The average Bonchev–Trinajstić information content (AvgIpc) is 3.55. The summed E-state index contributed by atoms with van der Waals surface area (Å²) in [4.78, 5) is 27.6. The molecule has 8 nitrogen and oxygen atoms in total. The minimum absolute atomic E-state index is 0.123. The summed E-state index contributed by atoms with van der Waals surface area (Å²) in [6.07, 6.45) is 7.89. The summed E-state index contributed by atoms with van der Waals surface area (Å²) in [7, 11) is 1.18. The van der Waals surface area contributed by atoms with Gasteiger partial charge in [0.1, 0.15) is 5.82 Å². The van der Waals surface area contributed by atoms with Crippen LogP contribution < -0.4 is 10.6 Å². The average molecular weight is 562 g/mol. The van der Waals surface area contributed by atoms with Crippen LogP contribution in [0.2, 0.25) is 0 Å². The van der Waals surface area contributed by atoms with E-state index in [4.69, 9.17) is 4.43 Å². The molecular formula is C30H36FN5O3Si. The SMILES string of the molecule is CO[SiH2]C1CCCN1C/C=C/C(=O)Nc1ccc(-c2cccc([C@H](C)C(=O)Nc3cc(C4CC4)[nH]n3)c2)cc1F. The molecule has 1 aliphatic heterocycles. The lowest BCUT2D eigenvalue weighted by molar-refractivity contribution is -0.117. The van der Waals surface area contributed by atoms with Gasteiger partial charge in [-0.2, -0.15) is 5.10 Å². The van der Waals surface area contributed by atoms with Crippen molar-refractivity contribution in [3.63, 3.8) is 0 Å². The van der Waals surface area contributed by atoms with Crippen molar-refractivity contribution in [1.82, 2.24) is 15.1 Å². The number of anilines is 2. The van der Waals surface area contributed by atoms with E-state index in [1.165, 1.54) is 12.1 Å². The quantitative estimate of drug-likeness (QED) is 0.237. The van der Waals surface area contributed by atoms with Crippen LogP contribution >= 0.6 is 0 Å².